The van der Waals surface area contributed by atoms with E-state index in [0.29, 0.717) is 19.3 Å². The maximum atomic E-state index is 13.3. The number of aliphatic hydroxyl groups excluding tert-OH is 2. The van der Waals surface area contributed by atoms with Gasteiger partial charge in [-0.1, -0.05) is 248 Å². The Hall–Kier alpha value is -2.44. The minimum atomic E-state index is -0.805. The molecule has 67 heavy (non-hydrogen) atoms. The van der Waals surface area contributed by atoms with Crippen molar-refractivity contribution in [1.29, 1.82) is 0 Å². The summed E-state index contributed by atoms with van der Waals surface area (Å²) < 4.78 is 5.93. The molecule has 0 heterocycles. The minimum Gasteiger partial charge on any atom is -0.462 e. The molecule has 390 valence electrons. The molecule has 0 radical (unpaired) electrons. The third-order valence-corrected chi connectivity index (χ3v) is 13.1. The van der Waals surface area contributed by atoms with Crippen molar-refractivity contribution in [2.24, 2.45) is 0 Å². The Balaban J connectivity index is 4.65. The van der Waals surface area contributed by atoms with Gasteiger partial charge < -0.3 is 20.3 Å². The van der Waals surface area contributed by atoms with Crippen LogP contribution in [-0.4, -0.2) is 46.9 Å². The zero-order chi connectivity index (χ0) is 48.8. The SMILES string of the molecule is CCCCC/C=C\C/C=C\C/C=C\C/C=C\CCCC(CC(=O)NC(CO)C(O)CCCCCCCCCCCCCCCCCC)OC(=O)CCCCCCCCC/C=C\CCCCCC. The van der Waals surface area contributed by atoms with E-state index in [1.54, 1.807) is 0 Å². The Labute approximate surface area is 416 Å². The van der Waals surface area contributed by atoms with Gasteiger partial charge in [0.25, 0.3) is 0 Å². The molecule has 0 rings (SSSR count). The lowest BCUT2D eigenvalue weighted by Crippen LogP contribution is -2.46. The van der Waals surface area contributed by atoms with Gasteiger partial charge in [0, 0.05) is 6.42 Å². The average molecular weight is 939 g/mol. The molecule has 0 aliphatic carbocycles. The Morgan fingerprint density at radius 1 is 0.433 bits per heavy atom. The van der Waals surface area contributed by atoms with Crippen LogP contribution >= 0.6 is 0 Å². The number of nitrogens with one attached hydrogen (secondary N) is 1. The number of amides is 1. The van der Waals surface area contributed by atoms with E-state index in [-0.39, 0.29) is 24.9 Å². The summed E-state index contributed by atoms with van der Waals surface area (Å²) >= 11 is 0. The molecule has 3 unspecified atom stereocenters. The Morgan fingerprint density at radius 2 is 0.776 bits per heavy atom. The Bertz CT molecular complexity index is 1190. The molecule has 6 nitrogen and oxygen atoms in total. The summed E-state index contributed by atoms with van der Waals surface area (Å²) in [6.45, 7) is 6.45. The smallest absolute Gasteiger partial charge is 0.306 e. The topological polar surface area (TPSA) is 95.9 Å². The molecule has 0 aromatic rings. The van der Waals surface area contributed by atoms with Gasteiger partial charge in [0.05, 0.1) is 25.2 Å². The molecule has 0 spiro atoms. The number of carbonyl (C=O) groups is 2. The third-order valence-electron chi connectivity index (χ3n) is 13.1. The van der Waals surface area contributed by atoms with E-state index in [0.717, 1.165) is 70.6 Å². The number of unbranched alkanes of at least 4 members (excludes halogenated alkanes) is 30. The maximum absolute atomic E-state index is 13.3. The highest BCUT2D eigenvalue weighted by Gasteiger charge is 2.24. The largest absolute Gasteiger partial charge is 0.462 e. The van der Waals surface area contributed by atoms with Crippen LogP contribution in [0.5, 0.6) is 0 Å². The third kappa shape index (κ3) is 49.8. The van der Waals surface area contributed by atoms with Crippen molar-refractivity contribution in [3.05, 3.63) is 60.8 Å². The first-order chi connectivity index (χ1) is 33.0. The van der Waals surface area contributed by atoms with Crippen LogP contribution in [-0.2, 0) is 14.3 Å². The highest BCUT2D eigenvalue weighted by atomic mass is 16.5. The van der Waals surface area contributed by atoms with Gasteiger partial charge in [0.2, 0.25) is 5.91 Å². The molecule has 0 fully saturated rings. The van der Waals surface area contributed by atoms with Gasteiger partial charge in [-0.3, -0.25) is 9.59 Å². The Morgan fingerprint density at radius 3 is 1.24 bits per heavy atom. The molecular formula is C61H111NO5. The molecule has 0 aliphatic heterocycles. The van der Waals surface area contributed by atoms with Crippen molar-refractivity contribution < 1.29 is 24.5 Å². The number of hydrogen-bond acceptors (Lipinski definition) is 5. The van der Waals surface area contributed by atoms with Gasteiger partial charge in [0.1, 0.15) is 6.10 Å². The molecule has 0 aromatic heterocycles. The van der Waals surface area contributed by atoms with Crippen molar-refractivity contribution in [3.8, 4) is 0 Å². The zero-order valence-electron chi connectivity index (χ0n) is 44.5. The van der Waals surface area contributed by atoms with Gasteiger partial charge in [-0.25, -0.2) is 0 Å². The summed E-state index contributed by atoms with van der Waals surface area (Å²) in [4.78, 5) is 26.3. The fraction of sp³-hybridized carbons (Fsp3) is 0.803. The highest BCUT2D eigenvalue weighted by Crippen LogP contribution is 2.18. The van der Waals surface area contributed by atoms with E-state index in [2.05, 4.69) is 86.8 Å². The summed E-state index contributed by atoms with van der Waals surface area (Å²) in [5, 5.41) is 23.9. The van der Waals surface area contributed by atoms with E-state index in [9.17, 15) is 19.8 Å². The molecular weight excluding hydrogens is 827 g/mol. The minimum absolute atomic E-state index is 0.0384. The molecule has 1 amide bonds. The molecule has 6 heteroatoms. The lowest BCUT2D eigenvalue weighted by molar-refractivity contribution is -0.151. The van der Waals surface area contributed by atoms with Gasteiger partial charge in [0.15, 0.2) is 0 Å². The first-order valence-corrected chi connectivity index (χ1v) is 29.0. The van der Waals surface area contributed by atoms with Crippen molar-refractivity contribution >= 4 is 11.9 Å². The lowest BCUT2D eigenvalue weighted by Gasteiger charge is -2.24. The molecule has 0 saturated heterocycles. The number of allylic oxidation sites excluding steroid dienone is 10. The van der Waals surface area contributed by atoms with E-state index in [1.165, 1.54) is 173 Å². The van der Waals surface area contributed by atoms with Crippen LogP contribution in [0.4, 0.5) is 0 Å². The summed E-state index contributed by atoms with van der Waals surface area (Å²) in [5.41, 5.74) is 0. The number of esters is 1. The molecule has 3 N–H and O–H groups in total. The standard InChI is InChI=1S/C61H111NO5/c1-4-7-10-13-16-19-22-25-28-30-32-34-37-40-43-46-49-52-57(67-61(66)54-51-48-45-42-39-36-31-27-24-21-18-15-12-9-6-3)55-60(65)62-58(56-63)59(64)53-50-47-44-41-38-35-33-29-26-23-20-17-14-11-8-5-2/h16,19,21,24-25,28,32,34,40,43,57-59,63-64H,4-15,17-18,20,22-23,26-27,29-31,33,35-39,41-42,44-56H2,1-3H3,(H,62,65)/b19-16-,24-21-,28-25-,34-32-,43-40-. The molecule has 0 bridgehead atoms. The second kappa shape index (κ2) is 54.5. The monoisotopic (exact) mass is 938 g/mol. The second-order valence-electron chi connectivity index (χ2n) is 19.7. The van der Waals surface area contributed by atoms with Crippen molar-refractivity contribution in [3.63, 3.8) is 0 Å². The van der Waals surface area contributed by atoms with E-state index < -0.39 is 18.2 Å². The molecule has 3 atom stereocenters. The summed E-state index contributed by atoms with van der Waals surface area (Å²) in [6.07, 6.45) is 68.6. The maximum Gasteiger partial charge on any atom is 0.306 e. The van der Waals surface area contributed by atoms with Crippen LogP contribution in [0.1, 0.15) is 290 Å². The fourth-order valence-electron chi connectivity index (χ4n) is 8.65. The van der Waals surface area contributed by atoms with E-state index in [4.69, 9.17) is 4.74 Å². The zero-order valence-corrected chi connectivity index (χ0v) is 44.5. The predicted octanol–water partition coefficient (Wildman–Crippen LogP) is 18.0. The summed E-state index contributed by atoms with van der Waals surface area (Å²) in [6, 6.07) is -0.722. The van der Waals surface area contributed by atoms with Crippen molar-refractivity contribution in [2.45, 2.75) is 309 Å². The highest BCUT2D eigenvalue weighted by molar-refractivity contribution is 5.77. The average Bonchev–Trinajstić information content (AvgIpc) is 3.32. The van der Waals surface area contributed by atoms with Crippen LogP contribution < -0.4 is 5.32 Å². The van der Waals surface area contributed by atoms with Crippen LogP contribution in [0, 0.1) is 0 Å². The predicted molar refractivity (Wildman–Crippen MR) is 292 cm³/mol. The molecule has 0 aromatic carbocycles. The van der Waals surface area contributed by atoms with E-state index in [1.807, 2.05) is 0 Å². The van der Waals surface area contributed by atoms with Gasteiger partial charge in [-0.15, -0.1) is 0 Å². The number of rotatable bonds is 52. The molecule has 0 aliphatic rings. The lowest BCUT2D eigenvalue weighted by atomic mass is 10.0. The number of aliphatic hydroxyl groups is 2. The van der Waals surface area contributed by atoms with Crippen LogP contribution in [0.3, 0.4) is 0 Å². The van der Waals surface area contributed by atoms with Crippen LogP contribution in [0.2, 0.25) is 0 Å². The van der Waals surface area contributed by atoms with Crippen LogP contribution in [0.15, 0.2) is 60.8 Å². The van der Waals surface area contributed by atoms with Gasteiger partial charge >= 0.3 is 5.97 Å². The van der Waals surface area contributed by atoms with Gasteiger partial charge in [-0.05, 0) is 89.9 Å². The quantitative estimate of drug-likeness (QED) is 0.0321. The first-order valence-electron chi connectivity index (χ1n) is 29.0. The molecule has 0 saturated carbocycles. The Kier molecular flexibility index (Phi) is 52.5. The normalized spacial score (nSPS) is 13.6. The first kappa shape index (κ1) is 64.6. The second-order valence-corrected chi connectivity index (χ2v) is 19.7. The van der Waals surface area contributed by atoms with Crippen molar-refractivity contribution in [1.82, 2.24) is 5.32 Å². The summed E-state index contributed by atoms with van der Waals surface area (Å²) in [7, 11) is 0. The number of carbonyl (C=O) groups excluding carboxylic acids is 2. The number of hydrogen-bond donors (Lipinski definition) is 3. The van der Waals surface area contributed by atoms with Crippen LogP contribution in [0.25, 0.3) is 0 Å². The van der Waals surface area contributed by atoms with Gasteiger partial charge in [-0.2, -0.15) is 0 Å². The van der Waals surface area contributed by atoms with Crippen molar-refractivity contribution in [2.75, 3.05) is 6.61 Å². The van der Waals surface area contributed by atoms with E-state index >= 15 is 0 Å². The summed E-state index contributed by atoms with van der Waals surface area (Å²) in [5.74, 6) is -0.526. The number of ether oxygens (including phenoxy) is 1. The fourth-order valence-corrected chi connectivity index (χ4v) is 8.65.